The number of hydrogen-bond donors (Lipinski definition) is 3. The summed E-state index contributed by atoms with van der Waals surface area (Å²) < 4.78 is 1.48. The highest BCUT2D eigenvalue weighted by atomic mass is 16.1. The number of aromatic nitrogens is 5. The lowest BCUT2D eigenvalue weighted by atomic mass is 10.1. The molecule has 118 valence electrons. The zero-order chi connectivity index (χ0) is 16.7. The Morgan fingerprint density at radius 1 is 0.958 bits per heavy atom. The van der Waals surface area contributed by atoms with E-state index in [1.807, 2.05) is 12.1 Å². The minimum atomic E-state index is -0.378. The third kappa shape index (κ3) is 2.17. The van der Waals surface area contributed by atoms with Gasteiger partial charge in [-0.1, -0.05) is 18.2 Å². The van der Waals surface area contributed by atoms with E-state index in [2.05, 4.69) is 20.3 Å². The number of nitrogen functional groups attached to an aromatic ring is 2. The molecule has 2 heterocycles. The fourth-order valence-corrected chi connectivity index (χ4v) is 2.46. The highest BCUT2D eigenvalue weighted by Crippen LogP contribution is 2.22. The first-order valence-electron chi connectivity index (χ1n) is 7.20. The van der Waals surface area contributed by atoms with Crippen molar-refractivity contribution >= 4 is 17.2 Å². The maximum Gasteiger partial charge on any atom is 0.279 e. The van der Waals surface area contributed by atoms with E-state index >= 15 is 0 Å². The van der Waals surface area contributed by atoms with Crippen LogP contribution in [-0.4, -0.2) is 24.8 Å². The molecule has 2 aromatic carbocycles. The van der Waals surface area contributed by atoms with E-state index in [0.29, 0.717) is 22.8 Å². The van der Waals surface area contributed by atoms with Gasteiger partial charge in [0.1, 0.15) is 0 Å². The quantitative estimate of drug-likeness (QED) is 0.478. The molecule has 0 spiro atoms. The Labute approximate surface area is 135 Å². The molecule has 4 rings (SSSR count). The molecular formula is C16H13N7O. The van der Waals surface area contributed by atoms with Crippen molar-refractivity contribution in [2.45, 2.75) is 0 Å². The molecule has 0 radical (unpaired) electrons. The van der Waals surface area contributed by atoms with Gasteiger partial charge in [-0.25, -0.2) is 0 Å². The summed E-state index contributed by atoms with van der Waals surface area (Å²) in [6.07, 6.45) is 0. The number of H-pyrrole nitrogens is 1. The van der Waals surface area contributed by atoms with Crippen LogP contribution in [0.2, 0.25) is 0 Å². The maximum atomic E-state index is 12.3. The zero-order valence-electron chi connectivity index (χ0n) is 12.5. The number of rotatable bonds is 2. The topological polar surface area (TPSA) is 128 Å². The van der Waals surface area contributed by atoms with Gasteiger partial charge in [0.05, 0.1) is 0 Å². The van der Waals surface area contributed by atoms with Crippen molar-refractivity contribution in [2.75, 3.05) is 11.5 Å². The van der Waals surface area contributed by atoms with Crippen LogP contribution in [0, 0.1) is 0 Å². The number of fused-ring (bicyclic) bond motifs is 1. The zero-order valence-corrected chi connectivity index (χ0v) is 12.5. The average Bonchev–Trinajstić information content (AvgIpc) is 2.98. The predicted molar refractivity (Wildman–Crippen MR) is 91.1 cm³/mol. The second-order valence-electron chi connectivity index (χ2n) is 5.27. The van der Waals surface area contributed by atoms with Crippen LogP contribution in [0.4, 0.5) is 11.4 Å². The number of nitrogens with zero attached hydrogens (tertiary/aromatic N) is 4. The van der Waals surface area contributed by atoms with Gasteiger partial charge in [-0.2, -0.15) is 9.61 Å². The normalized spacial score (nSPS) is 11.0. The fourth-order valence-electron chi connectivity index (χ4n) is 2.46. The van der Waals surface area contributed by atoms with Gasteiger partial charge in [0.25, 0.3) is 11.3 Å². The summed E-state index contributed by atoms with van der Waals surface area (Å²) in [5, 5.41) is 12.5. The molecular weight excluding hydrogens is 306 g/mol. The molecule has 0 amide bonds. The van der Waals surface area contributed by atoms with Crippen LogP contribution in [0.25, 0.3) is 28.4 Å². The maximum absolute atomic E-state index is 12.3. The Hall–Kier alpha value is -3.68. The summed E-state index contributed by atoms with van der Waals surface area (Å²) in [5.74, 6) is 0.752. The number of anilines is 2. The van der Waals surface area contributed by atoms with Gasteiger partial charge in [0.2, 0.25) is 0 Å². The molecule has 0 bridgehead atoms. The number of hydrogen-bond acceptors (Lipinski definition) is 6. The van der Waals surface area contributed by atoms with Crippen LogP contribution in [-0.2, 0) is 0 Å². The molecule has 5 N–H and O–H groups in total. The summed E-state index contributed by atoms with van der Waals surface area (Å²) in [5.41, 5.74) is 13.9. The van der Waals surface area contributed by atoms with Gasteiger partial charge in [0, 0.05) is 22.5 Å². The standard InChI is InChI=1S/C16H13N7O/c17-10-7-5-9(6-8-10)14-20-21-16-19-15(24)13(22-23(14)16)11-3-1-2-4-12(11)18/h1-8H,17-18H2,(H,19,21,24). The first-order valence-corrected chi connectivity index (χ1v) is 7.20. The Bertz CT molecular complexity index is 1100. The van der Waals surface area contributed by atoms with Crippen molar-refractivity contribution in [2.24, 2.45) is 0 Å². The molecule has 0 aliphatic carbocycles. The van der Waals surface area contributed by atoms with Gasteiger partial charge in [-0.15, -0.1) is 10.2 Å². The molecule has 0 saturated heterocycles. The summed E-state index contributed by atoms with van der Waals surface area (Å²) in [6, 6.07) is 14.2. The summed E-state index contributed by atoms with van der Waals surface area (Å²) in [6.45, 7) is 0. The van der Waals surface area contributed by atoms with Gasteiger partial charge in [-0.3, -0.25) is 9.78 Å². The Morgan fingerprint density at radius 2 is 1.71 bits per heavy atom. The van der Waals surface area contributed by atoms with Crippen molar-refractivity contribution < 1.29 is 0 Å². The lowest BCUT2D eigenvalue weighted by Crippen LogP contribution is -2.16. The molecule has 2 aromatic heterocycles. The number of nitrogens with two attached hydrogens (primary N) is 2. The second-order valence-corrected chi connectivity index (χ2v) is 5.27. The van der Waals surface area contributed by atoms with Crippen LogP contribution in [0.1, 0.15) is 0 Å². The lowest BCUT2D eigenvalue weighted by Gasteiger charge is -2.05. The minimum absolute atomic E-state index is 0.206. The molecule has 0 saturated carbocycles. The van der Waals surface area contributed by atoms with Crippen molar-refractivity contribution in [3.05, 3.63) is 58.9 Å². The smallest absolute Gasteiger partial charge is 0.279 e. The largest absolute Gasteiger partial charge is 0.399 e. The van der Waals surface area contributed by atoms with Crippen LogP contribution >= 0.6 is 0 Å². The van der Waals surface area contributed by atoms with Crippen LogP contribution in [0.15, 0.2) is 53.3 Å². The van der Waals surface area contributed by atoms with Gasteiger partial charge >= 0.3 is 0 Å². The molecule has 8 nitrogen and oxygen atoms in total. The third-order valence-corrected chi connectivity index (χ3v) is 3.67. The highest BCUT2D eigenvalue weighted by molar-refractivity contribution is 5.73. The van der Waals surface area contributed by atoms with E-state index in [0.717, 1.165) is 5.56 Å². The van der Waals surface area contributed by atoms with Crippen LogP contribution in [0.5, 0.6) is 0 Å². The van der Waals surface area contributed by atoms with Gasteiger partial charge in [-0.05, 0) is 30.3 Å². The predicted octanol–water partition coefficient (Wildman–Crippen LogP) is 1.31. The lowest BCUT2D eigenvalue weighted by molar-refractivity contribution is 0.899. The summed E-state index contributed by atoms with van der Waals surface area (Å²) >= 11 is 0. The van der Waals surface area contributed by atoms with E-state index in [-0.39, 0.29) is 17.0 Å². The van der Waals surface area contributed by atoms with Gasteiger partial charge in [0.15, 0.2) is 11.5 Å². The van der Waals surface area contributed by atoms with E-state index in [9.17, 15) is 4.79 Å². The monoisotopic (exact) mass is 319 g/mol. The molecule has 0 aliphatic heterocycles. The molecule has 4 aromatic rings. The molecule has 24 heavy (non-hydrogen) atoms. The number of para-hydroxylation sites is 1. The van der Waals surface area contributed by atoms with Crippen molar-refractivity contribution in [3.63, 3.8) is 0 Å². The van der Waals surface area contributed by atoms with E-state index < -0.39 is 0 Å². The molecule has 0 unspecified atom stereocenters. The molecule has 0 atom stereocenters. The number of nitrogens with one attached hydrogen (secondary N) is 1. The third-order valence-electron chi connectivity index (χ3n) is 3.67. The molecule has 8 heteroatoms. The highest BCUT2D eigenvalue weighted by Gasteiger charge is 2.15. The molecule has 0 aliphatic rings. The summed E-state index contributed by atoms with van der Waals surface area (Å²) in [7, 11) is 0. The van der Waals surface area contributed by atoms with E-state index in [1.165, 1.54) is 4.52 Å². The number of aromatic amines is 1. The van der Waals surface area contributed by atoms with Crippen LogP contribution < -0.4 is 17.0 Å². The van der Waals surface area contributed by atoms with Crippen LogP contribution in [0.3, 0.4) is 0 Å². The van der Waals surface area contributed by atoms with Gasteiger partial charge < -0.3 is 11.5 Å². The minimum Gasteiger partial charge on any atom is -0.399 e. The summed E-state index contributed by atoms with van der Waals surface area (Å²) in [4.78, 5) is 15.0. The first-order chi connectivity index (χ1) is 11.6. The van der Waals surface area contributed by atoms with Crippen molar-refractivity contribution in [1.82, 2.24) is 24.8 Å². The Balaban J connectivity index is 1.96. The molecule has 0 fully saturated rings. The van der Waals surface area contributed by atoms with E-state index in [1.54, 1.807) is 36.4 Å². The SMILES string of the molecule is Nc1ccc(-c2nnc3[nH]c(=O)c(-c4ccccc4N)nn23)cc1. The Kier molecular flexibility index (Phi) is 3.02. The average molecular weight is 319 g/mol. The fraction of sp³-hybridized carbons (Fsp3) is 0. The van der Waals surface area contributed by atoms with E-state index in [4.69, 9.17) is 11.5 Å². The first kappa shape index (κ1) is 13.9. The Morgan fingerprint density at radius 3 is 2.46 bits per heavy atom. The van der Waals surface area contributed by atoms with Crippen molar-refractivity contribution in [3.8, 4) is 22.6 Å². The second kappa shape index (κ2) is 5.20. The number of benzene rings is 2. The van der Waals surface area contributed by atoms with Crippen molar-refractivity contribution in [1.29, 1.82) is 0 Å².